The van der Waals surface area contributed by atoms with Crippen LogP contribution in [0.2, 0.25) is 0 Å². The van der Waals surface area contributed by atoms with Crippen LogP contribution in [0.1, 0.15) is 33.7 Å². The Morgan fingerprint density at radius 1 is 1.19 bits per heavy atom. The molecule has 1 aromatic carbocycles. The summed E-state index contributed by atoms with van der Waals surface area (Å²) in [4.78, 5) is 36.2. The van der Waals surface area contributed by atoms with E-state index in [1.807, 2.05) is 31.2 Å². The number of pyridine rings is 2. The van der Waals surface area contributed by atoms with Crippen molar-refractivity contribution in [1.29, 1.82) is 0 Å². The van der Waals surface area contributed by atoms with Crippen LogP contribution in [0.4, 0.5) is 5.69 Å². The summed E-state index contributed by atoms with van der Waals surface area (Å²) in [5.74, 6) is 6.09. The van der Waals surface area contributed by atoms with Gasteiger partial charge in [0.1, 0.15) is 23.2 Å². The molecule has 2 N–H and O–H groups in total. The maximum Gasteiger partial charge on any atom is 0.270 e. The van der Waals surface area contributed by atoms with Crippen LogP contribution in [0.15, 0.2) is 54.9 Å². The zero-order valence-corrected chi connectivity index (χ0v) is 20.5. The Labute approximate surface area is 214 Å². The minimum absolute atomic E-state index is 0.144. The van der Waals surface area contributed by atoms with Crippen LogP contribution in [0.5, 0.6) is 11.5 Å². The number of carbonyl (C=O) groups excluding carboxylic acids is 2. The zero-order chi connectivity index (χ0) is 26.0. The summed E-state index contributed by atoms with van der Waals surface area (Å²) in [7, 11) is 1.68. The van der Waals surface area contributed by atoms with Crippen molar-refractivity contribution >= 4 is 17.5 Å². The number of carbonyl (C=O) groups is 2. The highest BCUT2D eigenvalue weighted by atomic mass is 16.5. The number of nitrogens with zero attached hydrogens (tertiary/aromatic N) is 3. The van der Waals surface area contributed by atoms with E-state index in [0.717, 1.165) is 16.9 Å². The molecule has 2 aliphatic rings. The molecule has 4 heterocycles. The number of amides is 2. The monoisotopic (exact) mass is 498 g/mol. The highest BCUT2D eigenvalue weighted by molar-refractivity contribution is 6.02. The molecule has 1 fully saturated rings. The van der Waals surface area contributed by atoms with E-state index in [4.69, 9.17) is 9.47 Å². The molecule has 0 bridgehead atoms. The van der Waals surface area contributed by atoms with E-state index in [2.05, 4.69) is 27.1 Å². The lowest BCUT2D eigenvalue weighted by Crippen LogP contribution is -2.48. The zero-order valence-electron chi connectivity index (χ0n) is 20.5. The predicted molar refractivity (Wildman–Crippen MR) is 135 cm³/mol. The second kappa shape index (κ2) is 10.0. The Morgan fingerprint density at radius 2 is 2.03 bits per heavy atom. The normalized spacial score (nSPS) is 18.0. The van der Waals surface area contributed by atoms with E-state index in [1.54, 1.807) is 25.4 Å². The lowest BCUT2D eigenvalue weighted by atomic mass is 10.0. The highest BCUT2D eigenvalue weighted by Crippen LogP contribution is 2.28. The molecule has 5 rings (SSSR count). The van der Waals surface area contributed by atoms with Crippen LogP contribution in [-0.4, -0.2) is 58.8 Å². The maximum absolute atomic E-state index is 13.3. The van der Waals surface area contributed by atoms with Gasteiger partial charge in [-0.2, -0.15) is 0 Å². The number of nitrogens with one attached hydrogen (secondary N) is 1. The molecule has 0 saturated carbocycles. The number of aromatic nitrogens is 2. The first-order chi connectivity index (χ1) is 17.8. The second-order valence-electron chi connectivity index (χ2n) is 9.19. The van der Waals surface area contributed by atoms with E-state index in [0.29, 0.717) is 29.9 Å². The van der Waals surface area contributed by atoms with Crippen LogP contribution in [0.25, 0.3) is 0 Å². The molecule has 1 saturated heterocycles. The van der Waals surface area contributed by atoms with Crippen molar-refractivity contribution < 1.29 is 24.2 Å². The van der Waals surface area contributed by atoms with Crippen LogP contribution in [-0.2, 0) is 16.0 Å². The molecule has 2 amide bonds. The van der Waals surface area contributed by atoms with Crippen LogP contribution >= 0.6 is 0 Å². The molecule has 0 spiro atoms. The fourth-order valence-electron chi connectivity index (χ4n) is 4.11. The molecule has 0 aliphatic carbocycles. The number of likely N-dealkylation sites (N-methyl/N-ethyl adjacent to an activating group) is 1. The predicted octanol–water partition coefficient (Wildman–Crippen LogP) is 2.40. The van der Waals surface area contributed by atoms with Crippen LogP contribution in [0, 0.1) is 18.8 Å². The van der Waals surface area contributed by atoms with Gasteiger partial charge in [0, 0.05) is 36.3 Å². The summed E-state index contributed by atoms with van der Waals surface area (Å²) in [6, 6.07) is 11.7. The number of fused-ring (bicyclic) bond motifs is 1. The number of ether oxygens (including phenoxy) is 2. The van der Waals surface area contributed by atoms with Gasteiger partial charge in [0.2, 0.25) is 5.91 Å². The molecule has 2 aliphatic heterocycles. The van der Waals surface area contributed by atoms with E-state index >= 15 is 0 Å². The lowest BCUT2D eigenvalue weighted by Gasteiger charge is -2.30. The molecule has 2 aromatic heterocycles. The molecule has 3 aromatic rings. The van der Waals surface area contributed by atoms with Gasteiger partial charge in [-0.1, -0.05) is 17.9 Å². The molecule has 188 valence electrons. The number of benzene rings is 1. The summed E-state index contributed by atoms with van der Waals surface area (Å²) in [5, 5.41) is 13.0. The van der Waals surface area contributed by atoms with E-state index in [-0.39, 0.29) is 24.8 Å². The standard InChI is InChI=1S/C28H26N4O5/c1-18-3-7-22(15-30-18)37-21-10-12-29-24(14-21)26(33)31-23-8-6-20-5-4-19(9-11-28(35)16-36-17-28)13-25(20)32(2)27(23)34/h3-5,7,10,12-15,23,35H,6,8,16-17H2,1-2H3,(H,31,33)/t23-/m0/s1. The third-order valence-corrected chi connectivity index (χ3v) is 6.29. The molecular formula is C28H26N4O5. The Balaban J connectivity index is 1.28. The first-order valence-corrected chi connectivity index (χ1v) is 11.9. The summed E-state index contributed by atoms with van der Waals surface area (Å²) >= 11 is 0. The molecule has 0 unspecified atom stereocenters. The average molecular weight is 499 g/mol. The first kappa shape index (κ1) is 24.4. The first-order valence-electron chi connectivity index (χ1n) is 11.9. The van der Waals surface area contributed by atoms with E-state index in [1.165, 1.54) is 17.2 Å². The van der Waals surface area contributed by atoms with Crippen molar-refractivity contribution in [2.24, 2.45) is 0 Å². The second-order valence-corrected chi connectivity index (χ2v) is 9.19. The van der Waals surface area contributed by atoms with Crippen LogP contribution in [0.3, 0.4) is 0 Å². The topological polar surface area (TPSA) is 114 Å². The van der Waals surface area contributed by atoms with Crippen molar-refractivity contribution in [2.45, 2.75) is 31.4 Å². The molecular weight excluding hydrogens is 472 g/mol. The smallest absolute Gasteiger partial charge is 0.270 e. The van der Waals surface area contributed by atoms with Gasteiger partial charge in [-0.25, -0.2) is 0 Å². The van der Waals surface area contributed by atoms with Crippen molar-refractivity contribution in [3.63, 3.8) is 0 Å². The SMILES string of the molecule is Cc1ccc(Oc2ccnc(C(=O)N[C@H]3CCc4ccc(C#CC5(O)COC5)cc4N(C)C3=O)c2)cn1. The van der Waals surface area contributed by atoms with Gasteiger partial charge in [0.25, 0.3) is 5.91 Å². The van der Waals surface area contributed by atoms with Gasteiger partial charge in [0.05, 0.1) is 19.4 Å². The summed E-state index contributed by atoms with van der Waals surface area (Å²) in [6.07, 6.45) is 4.12. The fourth-order valence-corrected chi connectivity index (χ4v) is 4.11. The summed E-state index contributed by atoms with van der Waals surface area (Å²) in [6.45, 7) is 2.27. The number of aryl methyl sites for hydroxylation is 2. The number of anilines is 1. The number of hydrogen-bond acceptors (Lipinski definition) is 7. The Hall–Kier alpha value is -4.26. The molecule has 9 heteroatoms. The van der Waals surface area contributed by atoms with Gasteiger partial charge in [0.15, 0.2) is 5.60 Å². The maximum atomic E-state index is 13.3. The Bertz CT molecular complexity index is 1410. The number of aliphatic hydroxyl groups is 1. The largest absolute Gasteiger partial charge is 0.456 e. The van der Waals surface area contributed by atoms with E-state index < -0.39 is 17.6 Å². The minimum atomic E-state index is -1.11. The third kappa shape index (κ3) is 5.45. The van der Waals surface area contributed by atoms with E-state index in [9.17, 15) is 14.7 Å². The Morgan fingerprint density at radius 3 is 2.76 bits per heavy atom. The van der Waals surface area contributed by atoms with Gasteiger partial charge in [-0.15, -0.1) is 0 Å². The van der Waals surface area contributed by atoms with Gasteiger partial charge >= 0.3 is 0 Å². The molecule has 9 nitrogen and oxygen atoms in total. The lowest BCUT2D eigenvalue weighted by molar-refractivity contribution is -0.140. The minimum Gasteiger partial charge on any atom is -0.456 e. The molecule has 1 atom stereocenters. The van der Waals surface area contributed by atoms with Crippen molar-refractivity contribution in [3.05, 3.63) is 77.4 Å². The third-order valence-electron chi connectivity index (χ3n) is 6.29. The number of hydrogen-bond donors (Lipinski definition) is 2. The summed E-state index contributed by atoms with van der Waals surface area (Å²) in [5.41, 5.74) is 2.29. The van der Waals surface area contributed by atoms with Crippen molar-refractivity contribution in [2.75, 3.05) is 25.2 Å². The number of rotatable bonds is 4. The fraction of sp³-hybridized carbons (Fsp3) is 0.286. The Kier molecular flexibility index (Phi) is 6.61. The average Bonchev–Trinajstić information content (AvgIpc) is 3.00. The van der Waals surface area contributed by atoms with Gasteiger partial charge < -0.3 is 24.8 Å². The highest BCUT2D eigenvalue weighted by Gasteiger charge is 2.34. The van der Waals surface area contributed by atoms with Gasteiger partial charge in [-0.05, 0) is 55.7 Å². The molecule has 0 radical (unpaired) electrons. The van der Waals surface area contributed by atoms with Crippen molar-refractivity contribution in [3.8, 4) is 23.3 Å². The molecule has 37 heavy (non-hydrogen) atoms. The van der Waals surface area contributed by atoms with Crippen LogP contribution < -0.4 is 15.0 Å². The summed E-state index contributed by atoms with van der Waals surface area (Å²) < 4.78 is 10.8. The van der Waals surface area contributed by atoms with Crippen molar-refractivity contribution in [1.82, 2.24) is 15.3 Å². The quantitative estimate of drug-likeness (QED) is 0.531. The van der Waals surface area contributed by atoms with Gasteiger partial charge in [-0.3, -0.25) is 19.6 Å².